The minimum Gasteiger partial charge on any atom is -0.311 e. The summed E-state index contributed by atoms with van der Waals surface area (Å²) in [5.74, 6) is -0.622. The van der Waals surface area contributed by atoms with E-state index < -0.39 is 4.92 Å². The molecule has 36 heavy (non-hydrogen) atoms. The number of aromatic nitrogens is 2. The number of benzene rings is 3. The maximum absolute atomic E-state index is 13.0. The normalized spacial score (nSPS) is 12.8. The molecule has 4 aromatic rings. The number of carbonyl (C=O) groups excluding carboxylic acids is 3. The molecule has 0 radical (unpaired) electrons. The minimum atomic E-state index is -0.488. The summed E-state index contributed by atoms with van der Waals surface area (Å²) >= 11 is 0. The van der Waals surface area contributed by atoms with Crippen molar-refractivity contribution in [2.24, 2.45) is 0 Å². The lowest BCUT2D eigenvalue weighted by Crippen LogP contribution is -2.41. The number of nitrogens with zero attached hydrogens (tertiary/aromatic N) is 4. The van der Waals surface area contributed by atoms with E-state index in [9.17, 15) is 24.5 Å². The second kappa shape index (κ2) is 9.06. The number of hydrogen-bond donors (Lipinski definition) is 1. The molecule has 180 valence electrons. The molecule has 0 saturated heterocycles. The molecule has 2 heterocycles. The third-order valence-electron chi connectivity index (χ3n) is 6.05. The Hall–Kier alpha value is -4.86. The monoisotopic (exact) mass is 483 g/mol. The molecule has 0 atom stereocenters. The molecule has 3 amide bonds. The number of nitro groups is 1. The zero-order valence-electron chi connectivity index (χ0n) is 19.3. The van der Waals surface area contributed by atoms with Crippen LogP contribution in [0.4, 0.5) is 11.5 Å². The van der Waals surface area contributed by atoms with Crippen LogP contribution in [0.3, 0.4) is 0 Å². The van der Waals surface area contributed by atoms with Crippen molar-refractivity contribution in [3.8, 4) is 5.69 Å². The average Bonchev–Trinajstić information content (AvgIpc) is 3.24. The van der Waals surface area contributed by atoms with Crippen LogP contribution in [0.25, 0.3) is 16.5 Å². The van der Waals surface area contributed by atoms with E-state index in [1.807, 2.05) is 12.1 Å². The highest BCUT2D eigenvalue weighted by molar-refractivity contribution is 6.25. The topological polar surface area (TPSA) is 127 Å². The first-order chi connectivity index (χ1) is 17.3. The minimum absolute atomic E-state index is 0.0473. The number of nitro benzene ring substituents is 1. The van der Waals surface area contributed by atoms with Crippen molar-refractivity contribution in [1.82, 2.24) is 14.7 Å². The number of rotatable bonds is 7. The van der Waals surface area contributed by atoms with E-state index in [4.69, 9.17) is 0 Å². The molecule has 1 aliphatic rings. The van der Waals surface area contributed by atoms with Crippen LogP contribution in [0.2, 0.25) is 0 Å². The molecule has 0 aliphatic carbocycles. The van der Waals surface area contributed by atoms with Crippen molar-refractivity contribution in [2.75, 3.05) is 11.9 Å². The molecule has 5 rings (SSSR count). The zero-order valence-corrected chi connectivity index (χ0v) is 19.3. The first-order valence-corrected chi connectivity index (χ1v) is 11.3. The van der Waals surface area contributed by atoms with Gasteiger partial charge in [0.1, 0.15) is 5.82 Å². The number of carbonyl (C=O) groups is 3. The Morgan fingerprint density at radius 2 is 1.64 bits per heavy atom. The highest BCUT2D eigenvalue weighted by Gasteiger charge is 2.32. The summed E-state index contributed by atoms with van der Waals surface area (Å²) in [6, 6.07) is 18.2. The Balaban J connectivity index is 1.25. The average molecular weight is 483 g/mol. The molecule has 1 N–H and O–H groups in total. The lowest BCUT2D eigenvalue weighted by Gasteiger charge is -2.27. The molecule has 10 heteroatoms. The van der Waals surface area contributed by atoms with Gasteiger partial charge in [0.15, 0.2) is 0 Å². The van der Waals surface area contributed by atoms with Gasteiger partial charge in [-0.05, 0) is 43.0 Å². The summed E-state index contributed by atoms with van der Waals surface area (Å²) in [6.07, 6.45) is 0.361. The maximum atomic E-state index is 13.0. The van der Waals surface area contributed by atoms with Crippen LogP contribution in [0, 0.1) is 17.0 Å². The molecule has 0 unspecified atom stereocenters. The molecular weight excluding hydrogens is 462 g/mol. The smallest absolute Gasteiger partial charge is 0.269 e. The quantitative estimate of drug-likeness (QED) is 0.238. The van der Waals surface area contributed by atoms with Gasteiger partial charge in [-0.2, -0.15) is 5.10 Å². The zero-order chi connectivity index (χ0) is 25.4. The van der Waals surface area contributed by atoms with E-state index >= 15 is 0 Å². The number of imide groups is 1. The fourth-order valence-corrected chi connectivity index (χ4v) is 4.39. The molecule has 0 spiro atoms. The van der Waals surface area contributed by atoms with Gasteiger partial charge in [0, 0.05) is 47.7 Å². The Labute approximate surface area is 205 Å². The predicted octanol–water partition coefficient (Wildman–Crippen LogP) is 4.26. The summed E-state index contributed by atoms with van der Waals surface area (Å²) in [5.41, 5.74) is 2.13. The number of hydrogen-bond acceptors (Lipinski definition) is 6. The third-order valence-corrected chi connectivity index (χ3v) is 6.05. The Kier molecular flexibility index (Phi) is 5.77. The number of nitrogens with one attached hydrogen (secondary N) is 1. The summed E-state index contributed by atoms with van der Waals surface area (Å²) in [5, 5.41) is 19.6. The van der Waals surface area contributed by atoms with Crippen molar-refractivity contribution in [3.63, 3.8) is 0 Å². The number of aryl methyl sites for hydroxylation is 1. The highest BCUT2D eigenvalue weighted by atomic mass is 16.6. The second-order valence-electron chi connectivity index (χ2n) is 8.48. The van der Waals surface area contributed by atoms with E-state index in [0.29, 0.717) is 33.7 Å². The standard InChI is InChI=1S/C26H21N5O5/c1-16-15-22(30(28-16)18-10-12-19(13-11-18)31(35)36)27-23(32)9-4-14-29-25(33)20-7-2-5-17-6-3-8-21(24(17)20)26(29)34/h2-3,5-8,10-13,15H,4,9,14H2,1H3,(H,27,32). The van der Waals surface area contributed by atoms with E-state index in [1.54, 1.807) is 49.4 Å². The predicted molar refractivity (Wildman–Crippen MR) is 132 cm³/mol. The fourth-order valence-electron chi connectivity index (χ4n) is 4.39. The summed E-state index contributed by atoms with van der Waals surface area (Å²) in [4.78, 5) is 50.3. The lowest BCUT2D eigenvalue weighted by molar-refractivity contribution is -0.384. The Morgan fingerprint density at radius 1 is 1.00 bits per heavy atom. The molecule has 1 aliphatic heterocycles. The molecule has 10 nitrogen and oxygen atoms in total. The SMILES string of the molecule is Cc1cc(NC(=O)CCCN2C(=O)c3cccc4cccc(c34)C2=O)n(-c2ccc([N+](=O)[O-])cc2)n1. The van der Waals surface area contributed by atoms with Gasteiger partial charge in [0.2, 0.25) is 5.91 Å². The van der Waals surface area contributed by atoms with Crippen molar-refractivity contribution in [1.29, 1.82) is 0 Å². The van der Waals surface area contributed by atoms with E-state index in [2.05, 4.69) is 10.4 Å². The van der Waals surface area contributed by atoms with Crippen LogP contribution in [0.1, 0.15) is 39.3 Å². The highest BCUT2D eigenvalue weighted by Crippen LogP contribution is 2.30. The first kappa shape index (κ1) is 22.9. The van der Waals surface area contributed by atoms with Crippen molar-refractivity contribution >= 4 is 40.0 Å². The van der Waals surface area contributed by atoms with Crippen molar-refractivity contribution in [3.05, 3.63) is 93.7 Å². The van der Waals surface area contributed by atoms with Crippen LogP contribution >= 0.6 is 0 Å². The molecule has 3 aromatic carbocycles. The van der Waals surface area contributed by atoms with Gasteiger partial charge in [-0.1, -0.05) is 24.3 Å². The molecule has 0 fully saturated rings. The van der Waals surface area contributed by atoms with Gasteiger partial charge < -0.3 is 5.32 Å². The van der Waals surface area contributed by atoms with Crippen LogP contribution in [-0.4, -0.2) is 43.9 Å². The molecule has 0 saturated carbocycles. The van der Waals surface area contributed by atoms with Crippen LogP contribution in [0.15, 0.2) is 66.7 Å². The fraction of sp³-hybridized carbons (Fsp3) is 0.154. The van der Waals surface area contributed by atoms with Crippen LogP contribution < -0.4 is 5.32 Å². The molecular formula is C26H21N5O5. The Morgan fingerprint density at radius 3 is 2.25 bits per heavy atom. The van der Waals surface area contributed by atoms with Crippen LogP contribution in [-0.2, 0) is 4.79 Å². The van der Waals surface area contributed by atoms with E-state index in [-0.39, 0.29) is 42.8 Å². The van der Waals surface area contributed by atoms with Gasteiger partial charge >= 0.3 is 0 Å². The lowest BCUT2D eigenvalue weighted by atomic mass is 9.94. The van der Waals surface area contributed by atoms with Gasteiger partial charge in [-0.15, -0.1) is 0 Å². The first-order valence-electron chi connectivity index (χ1n) is 11.3. The third kappa shape index (κ3) is 4.09. The number of non-ortho nitro benzene ring substituents is 1. The summed E-state index contributed by atoms with van der Waals surface area (Å²) < 4.78 is 1.49. The van der Waals surface area contributed by atoms with E-state index in [1.165, 1.54) is 21.7 Å². The van der Waals surface area contributed by atoms with Gasteiger partial charge in [-0.3, -0.25) is 29.4 Å². The van der Waals surface area contributed by atoms with Gasteiger partial charge in [0.25, 0.3) is 17.5 Å². The number of anilines is 1. The molecule has 0 bridgehead atoms. The summed E-state index contributed by atoms with van der Waals surface area (Å²) in [6.45, 7) is 1.87. The maximum Gasteiger partial charge on any atom is 0.269 e. The van der Waals surface area contributed by atoms with Gasteiger partial charge in [0.05, 0.1) is 16.3 Å². The largest absolute Gasteiger partial charge is 0.311 e. The molecule has 1 aromatic heterocycles. The number of amides is 3. The van der Waals surface area contributed by atoms with Crippen molar-refractivity contribution < 1.29 is 19.3 Å². The summed E-state index contributed by atoms with van der Waals surface area (Å²) in [7, 11) is 0. The Bertz CT molecular complexity index is 1490. The second-order valence-corrected chi connectivity index (χ2v) is 8.48. The van der Waals surface area contributed by atoms with E-state index in [0.717, 1.165) is 5.39 Å². The van der Waals surface area contributed by atoms with Gasteiger partial charge in [-0.25, -0.2) is 4.68 Å². The van der Waals surface area contributed by atoms with Crippen LogP contribution in [0.5, 0.6) is 0 Å². The van der Waals surface area contributed by atoms with Crippen molar-refractivity contribution in [2.45, 2.75) is 19.8 Å².